The number of unbranched alkanes of at least 4 members (excludes halogenated alkanes) is 1. The Labute approximate surface area is 162 Å². The molecule has 142 valence electrons. The Morgan fingerprint density at radius 3 is 2.32 bits per heavy atom. The maximum absolute atomic E-state index is 12.0. The van der Waals surface area contributed by atoms with Gasteiger partial charge in [0.1, 0.15) is 0 Å². The standard InChI is InChI=1S/C21H22N6O/c22-9-1-2-10-23-17(28)8-7-14-13-26-20-15-5-3-11-24-18(15)19-16(21(20)27-14)6-4-12-25-19/h3-6,11-13H,1-2,7-10,22H2,(H,23,28). The van der Waals surface area contributed by atoms with Crippen LogP contribution in [0.1, 0.15) is 25.0 Å². The van der Waals surface area contributed by atoms with Gasteiger partial charge in [-0.25, -0.2) is 4.98 Å². The van der Waals surface area contributed by atoms with Gasteiger partial charge in [-0.3, -0.25) is 19.7 Å². The molecule has 4 rings (SSSR count). The molecule has 3 N–H and O–H groups in total. The van der Waals surface area contributed by atoms with Crippen molar-refractivity contribution in [2.24, 2.45) is 5.73 Å². The highest BCUT2D eigenvalue weighted by Gasteiger charge is 2.13. The third kappa shape index (κ3) is 3.61. The molecular formula is C21H22N6O. The molecule has 4 aromatic rings. The van der Waals surface area contributed by atoms with E-state index in [-0.39, 0.29) is 5.91 Å². The zero-order valence-electron chi connectivity index (χ0n) is 15.6. The third-order valence-electron chi connectivity index (χ3n) is 4.73. The highest BCUT2D eigenvalue weighted by Crippen LogP contribution is 2.30. The predicted octanol–water partition coefficient (Wildman–Crippen LogP) is 2.51. The Kier molecular flexibility index (Phi) is 5.34. The van der Waals surface area contributed by atoms with Crippen molar-refractivity contribution in [2.45, 2.75) is 25.7 Å². The number of nitrogens with zero attached hydrogens (tertiary/aromatic N) is 4. The highest BCUT2D eigenvalue weighted by atomic mass is 16.1. The van der Waals surface area contributed by atoms with Gasteiger partial charge in [0.2, 0.25) is 5.91 Å². The van der Waals surface area contributed by atoms with Crippen molar-refractivity contribution in [1.29, 1.82) is 0 Å². The Bertz CT molecular complexity index is 1110. The lowest BCUT2D eigenvalue weighted by molar-refractivity contribution is -0.121. The van der Waals surface area contributed by atoms with Crippen LogP contribution in [0.5, 0.6) is 0 Å². The summed E-state index contributed by atoms with van der Waals surface area (Å²) >= 11 is 0. The number of rotatable bonds is 7. The minimum Gasteiger partial charge on any atom is -0.356 e. The van der Waals surface area contributed by atoms with Crippen LogP contribution < -0.4 is 11.1 Å². The fourth-order valence-corrected chi connectivity index (χ4v) is 3.33. The smallest absolute Gasteiger partial charge is 0.220 e. The van der Waals surface area contributed by atoms with E-state index in [2.05, 4.69) is 20.3 Å². The lowest BCUT2D eigenvalue weighted by Gasteiger charge is -2.09. The SMILES string of the molecule is NCCCCNC(=O)CCc1cnc2c3cccnc3c3ncccc3c2n1. The number of hydrogen-bond donors (Lipinski definition) is 2. The predicted molar refractivity (Wildman–Crippen MR) is 110 cm³/mol. The zero-order chi connectivity index (χ0) is 19.3. The number of amides is 1. The summed E-state index contributed by atoms with van der Waals surface area (Å²) in [7, 11) is 0. The summed E-state index contributed by atoms with van der Waals surface area (Å²) in [6.07, 6.45) is 8.01. The molecule has 0 saturated heterocycles. The molecule has 0 radical (unpaired) electrons. The van der Waals surface area contributed by atoms with E-state index in [0.717, 1.165) is 51.4 Å². The molecule has 0 aliphatic rings. The molecule has 3 aromatic heterocycles. The van der Waals surface area contributed by atoms with Crippen LogP contribution in [-0.4, -0.2) is 38.9 Å². The minimum atomic E-state index is 0.0214. The first-order valence-corrected chi connectivity index (χ1v) is 9.52. The third-order valence-corrected chi connectivity index (χ3v) is 4.73. The molecule has 1 aromatic carbocycles. The van der Waals surface area contributed by atoms with Crippen molar-refractivity contribution in [3.8, 4) is 0 Å². The topological polar surface area (TPSA) is 107 Å². The second-order valence-corrected chi connectivity index (χ2v) is 6.70. The number of aromatic nitrogens is 4. The van der Waals surface area contributed by atoms with Gasteiger partial charge >= 0.3 is 0 Å². The van der Waals surface area contributed by atoms with Gasteiger partial charge in [0, 0.05) is 42.3 Å². The molecule has 7 nitrogen and oxygen atoms in total. The monoisotopic (exact) mass is 374 g/mol. The van der Waals surface area contributed by atoms with Gasteiger partial charge in [-0.05, 0) is 50.1 Å². The van der Waals surface area contributed by atoms with Crippen LogP contribution in [0.25, 0.3) is 32.8 Å². The van der Waals surface area contributed by atoms with E-state index in [1.807, 2.05) is 24.3 Å². The first-order chi connectivity index (χ1) is 13.8. The molecule has 0 unspecified atom stereocenters. The Hall–Kier alpha value is -3.19. The molecule has 7 heteroatoms. The van der Waals surface area contributed by atoms with E-state index >= 15 is 0 Å². The quantitative estimate of drug-likeness (QED) is 0.380. The normalized spacial score (nSPS) is 11.3. The number of fused-ring (bicyclic) bond motifs is 6. The number of benzene rings is 1. The maximum Gasteiger partial charge on any atom is 0.220 e. The number of nitrogens with one attached hydrogen (secondary N) is 1. The summed E-state index contributed by atoms with van der Waals surface area (Å²) in [5.74, 6) is 0.0214. The summed E-state index contributed by atoms with van der Waals surface area (Å²) < 4.78 is 0. The number of aryl methyl sites for hydroxylation is 1. The van der Waals surface area contributed by atoms with E-state index in [1.54, 1.807) is 18.6 Å². The number of carbonyl (C=O) groups excluding carboxylic acids is 1. The van der Waals surface area contributed by atoms with E-state index in [1.165, 1.54) is 0 Å². The van der Waals surface area contributed by atoms with Crippen molar-refractivity contribution < 1.29 is 4.79 Å². The number of nitrogens with two attached hydrogens (primary N) is 1. The summed E-state index contributed by atoms with van der Waals surface area (Å²) in [6.45, 7) is 1.31. The van der Waals surface area contributed by atoms with Gasteiger partial charge in [0.05, 0.1) is 27.8 Å². The van der Waals surface area contributed by atoms with Gasteiger partial charge in [-0.2, -0.15) is 0 Å². The maximum atomic E-state index is 12.0. The summed E-state index contributed by atoms with van der Waals surface area (Å²) in [6, 6.07) is 7.75. The van der Waals surface area contributed by atoms with Crippen LogP contribution in [0.2, 0.25) is 0 Å². The first kappa shape index (κ1) is 18.2. The number of carbonyl (C=O) groups is 1. The van der Waals surface area contributed by atoms with E-state index < -0.39 is 0 Å². The van der Waals surface area contributed by atoms with Crippen LogP contribution in [0.3, 0.4) is 0 Å². The highest BCUT2D eigenvalue weighted by molar-refractivity contribution is 6.20. The second kappa shape index (κ2) is 8.22. The van der Waals surface area contributed by atoms with Crippen molar-refractivity contribution in [3.63, 3.8) is 0 Å². The summed E-state index contributed by atoms with van der Waals surface area (Å²) in [5.41, 5.74) is 9.49. The summed E-state index contributed by atoms with van der Waals surface area (Å²) in [4.78, 5) is 30.5. The fraction of sp³-hybridized carbons (Fsp3) is 0.286. The molecule has 0 aliphatic heterocycles. The van der Waals surface area contributed by atoms with Crippen molar-refractivity contribution >= 4 is 38.7 Å². The molecule has 0 aliphatic carbocycles. The van der Waals surface area contributed by atoms with Gasteiger partial charge in [0.25, 0.3) is 0 Å². The van der Waals surface area contributed by atoms with Crippen molar-refractivity contribution in [2.75, 3.05) is 13.1 Å². The molecule has 1 amide bonds. The molecule has 28 heavy (non-hydrogen) atoms. The Morgan fingerprint density at radius 2 is 1.61 bits per heavy atom. The largest absolute Gasteiger partial charge is 0.356 e. The molecule has 3 heterocycles. The second-order valence-electron chi connectivity index (χ2n) is 6.70. The van der Waals surface area contributed by atoms with Crippen LogP contribution >= 0.6 is 0 Å². The van der Waals surface area contributed by atoms with E-state index in [9.17, 15) is 4.79 Å². The van der Waals surface area contributed by atoms with Gasteiger partial charge in [-0.15, -0.1) is 0 Å². The zero-order valence-corrected chi connectivity index (χ0v) is 15.6. The van der Waals surface area contributed by atoms with Crippen molar-refractivity contribution in [3.05, 3.63) is 48.5 Å². The van der Waals surface area contributed by atoms with E-state index in [0.29, 0.717) is 25.9 Å². The van der Waals surface area contributed by atoms with Crippen LogP contribution in [-0.2, 0) is 11.2 Å². The summed E-state index contributed by atoms with van der Waals surface area (Å²) in [5, 5.41) is 4.77. The van der Waals surface area contributed by atoms with Gasteiger partial charge < -0.3 is 11.1 Å². The Morgan fingerprint density at radius 1 is 0.929 bits per heavy atom. The molecular weight excluding hydrogens is 352 g/mol. The Balaban J connectivity index is 1.63. The minimum absolute atomic E-state index is 0.0214. The molecule has 0 saturated carbocycles. The van der Waals surface area contributed by atoms with Crippen LogP contribution in [0.4, 0.5) is 0 Å². The van der Waals surface area contributed by atoms with Crippen LogP contribution in [0, 0.1) is 0 Å². The van der Waals surface area contributed by atoms with E-state index in [4.69, 9.17) is 10.7 Å². The number of hydrogen-bond acceptors (Lipinski definition) is 6. The fourth-order valence-electron chi connectivity index (χ4n) is 3.33. The first-order valence-electron chi connectivity index (χ1n) is 9.52. The van der Waals surface area contributed by atoms with Gasteiger partial charge in [0.15, 0.2) is 0 Å². The van der Waals surface area contributed by atoms with Crippen LogP contribution in [0.15, 0.2) is 42.9 Å². The molecule has 0 atom stereocenters. The lowest BCUT2D eigenvalue weighted by atomic mass is 10.1. The van der Waals surface area contributed by atoms with Gasteiger partial charge in [-0.1, -0.05) is 0 Å². The average Bonchev–Trinajstić information content (AvgIpc) is 2.75. The molecule has 0 spiro atoms. The average molecular weight is 374 g/mol. The molecule has 0 bridgehead atoms. The number of pyridine rings is 2. The lowest BCUT2D eigenvalue weighted by Crippen LogP contribution is -2.25. The molecule has 0 fully saturated rings. The van der Waals surface area contributed by atoms with Crippen molar-refractivity contribution in [1.82, 2.24) is 25.3 Å².